The predicted molar refractivity (Wildman–Crippen MR) is 74.7 cm³/mol. The van der Waals surface area contributed by atoms with E-state index in [2.05, 4.69) is 10.3 Å². The molecule has 0 radical (unpaired) electrons. The third-order valence-corrected chi connectivity index (χ3v) is 3.15. The summed E-state index contributed by atoms with van der Waals surface area (Å²) in [6.45, 7) is 2.38. The van der Waals surface area contributed by atoms with Crippen molar-refractivity contribution in [3.05, 3.63) is 59.9 Å². The predicted octanol–water partition coefficient (Wildman–Crippen LogP) is 2.21. The monoisotopic (exact) mass is 269 g/mol. The Balaban J connectivity index is 1.60. The minimum atomic E-state index is -0.184. The van der Waals surface area contributed by atoms with E-state index >= 15 is 0 Å². The maximum absolute atomic E-state index is 11.9. The van der Waals surface area contributed by atoms with Gasteiger partial charge in [-0.3, -0.25) is 4.79 Å². The van der Waals surface area contributed by atoms with E-state index in [4.69, 9.17) is 4.42 Å². The Bertz CT molecular complexity index is 709. The molecule has 0 aromatic carbocycles. The number of hydrogen-bond donors (Lipinski definition) is 1. The molecule has 0 spiro atoms. The number of rotatable bonds is 4. The molecular formula is C15H15N3O2. The van der Waals surface area contributed by atoms with Crippen LogP contribution in [-0.2, 0) is 6.42 Å². The van der Waals surface area contributed by atoms with E-state index < -0.39 is 0 Å². The Labute approximate surface area is 116 Å². The lowest BCUT2D eigenvalue weighted by Crippen LogP contribution is -2.25. The molecule has 0 fully saturated rings. The maximum Gasteiger partial charge on any atom is 0.287 e. The lowest BCUT2D eigenvalue weighted by atomic mass is 10.2. The summed E-state index contributed by atoms with van der Waals surface area (Å²) in [7, 11) is 0. The van der Waals surface area contributed by atoms with Crippen LogP contribution in [-0.4, -0.2) is 21.8 Å². The average molecular weight is 269 g/mol. The fourth-order valence-corrected chi connectivity index (χ4v) is 2.10. The number of fused-ring (bicyclic) bond motifs is 1. The van der Waals surface area contributed by atoms with Gasteiger partial charge >= 0.3 is 0 Å². The topological polar surface area (TPSA) is 59.5 Å². The van der Waals surface area contributed by atoms with E-state index in [1.807, 2.05) is 41.9 Å². The number of aromatic nitrogens is 2. The standard InChI is InChI=1S/C15H15N3O2/c1-11-6-9-20-14(11)15(19)16-7-5-12-10-18-8-3-2-4-13(18)17-12/h2-4,6,8-10H,5,7H2,1H3,(H,16,19). The van der Waals surface area contributed by atoms with Gasteiger partial charge in [0.05, 0.1) is 12.0 Å². The van der Waals surface area contributed by atoms with E-state index in [-0.39, 0.29) is 5.91 Å². The summed E-state index contributed by atoms with van der Waals surface area (Å²) >= 11 is 0. The molecule has 0 bridgehead atoms. The van der Waals surface area contributed by atoms with E-state index in [0.29, 0.717) is 18.7 Å². The summed E-state index contributed by atoms with van der Waals surface area (Å²) in [5.41, 5.74) is 2.71. The van der Waals surface area contributed by atoms with Gasteiger partial charge in [0.2, 0.25) is 0 Å². The summed E-state index contributed by atoms with van der Waals surface area (Å²) in [6, 6.07) is 7.64. The number of nitrogens with one attached hydrogen (secondary N) is 1. The molecule has 3 aromatic rings. The SMILES string of the molecule is Cc1ccoc1C(=O)NCCc1cn2ccccc2n1. The second-order valence-electron chi connectivity index (χ2n) is 4.64. The number of aryl methyl sites for hydroxylation is 1. The van der Waals surface area contributed by atoms with Gasteiger partial charge in [-0.25, -0.2) is 4.98 Å². The zero-order valence-corrected chi connectivity index (χ0v) is 11.2. The van der Waals surface area contributed by atoms with Crippen LogP contribution < -0.4 is 5.32 Å². The largest absolute Gasteiger partial charge is 0.459 e. The lowest BCUT2D eigenvalue weighted by Gasteiger charge is -2.02. The van der Waals surface area contributed by atoms with E-state index in [9.17, 15) is 4.79 Å². The number of amides is 1. The van der Waals surface area contributed by atoms with Crippen LogP contribution >= 0.6 is 0 Å². The lowest BCUT2D eigenvalue weighted by molar-refractivity contribution is 0.0925. The first-order valence-corrected chi connectivity index (χ1v) is 6.49. The number of furan rings is 1. The molecule has 0 aliphatic rings. The van der Waals surface area contributed by atoms with Gasteiger partial charge in [-0.05, 0) is 25.1 Å². The first kappa shape index (κ1) is 12.5. The zero-order valence-electron chi connectivity index (χ0n) is 11.2. The van der Waals surface area contributed by atoms with Crippen molar-refractivity contribution in [1.29, 1.82) is 0 Å². The summed E-state index contributed by atoms with van der Waals surface area (Å²) in [5, 5.41) is 2.84. The van der Waals surface area contributed by atoms with Gasteiger partial charge in [-0.1, -0.05) is 6.07 Å². The molecule has 0 saturated carbocycles. The Hall–Kier alpha value is -2.56. The molecule has 1 N–H and O–H groups in total. The van der Waals surface area contributed by atoms with Crippen LogP contribution in [0.1, 0.15) is 21.8 Å². The van der Waals surface area contributed by atoms with E-state index in [0.717, 1.165) is 16.9 Å². The van der Waals surface area contributed by atoms with Gasteiger partial charge in [0, 0.05) is 30.9 Å². The van der Waals surface area contributed by atoms with Crippen LogP contribution in [0.5, 0.6) is 0 Å². The smallest absolute Gasteiger partial charge is 0.287 e. The maximum atomic E-state index is 11.9. The van der Waals surface area contributed by atoms with Crippen LogP contribution in [0, 0.1) is 6.92 Å². The zero-order chi connectivity index (χ0) is 13.9. The fraction of sp³-hybridized carbons (Fsp3) is 0.200. The number of carbonyl (C=O) groups is 1. The van der Waals surface area contributed by atoms with Crippen molar-refractivity contribution in [2.45, 2.75) is 13.3 Å². The van der Waals surface area contributed by atoms with Crippen LogP contribution in [0.4, 0.5) is 0 Å². The molecule has 3 heterocycles. The van der Waals surface area contributed by atoms with Crippen LogP contribution in [0.25, 0.3) is 5.65 Å². The number of imidazole rings is 1. The van der Waals surface area contributed by atoms with Crippen molar-refractivity contribution in [2.75, 3.05) is 6.54 Å². The quantitative estimate of drug-likeness (QED) is 0.790. The van der Waals surface area contributed by atoms with Crippen molar-refractivity contribution in [1.82, 2.24) is 14.7 Å². The van der Waals surface area contributed by atoms with Gasteiger partial charge in [0.25, 0.3) is 5.91 Å². The highest BCUT2D eigenvalue weighted by Crippen LogP contribution is 2.08. The summed E-state index contributed by atoms with van der Waals surface area (Å²) in [5.74, 6) is 0.191. The van der Waals surface area contributed by atoms with Crippen molar-refractivity contribution in [2.24, 2.45) is 0 Å². The molecule has 0 atom stereocenters. The minimum Gasteiger partial charge on any atom is -0.459 e. The molecule has 0 unspecified atom stereocenters. The summed E-state index contributed by atoms with van der Waals surface area (Å²) in [4.78, 5) is 16.3. The Morgan fingerprint density at radius 3 is 3.05 bits per heavy atom. The molecule has 5 nitrogen and oxygen atoms in total. The van der Waals surface area contributed by atoms with E-state index in [1.165, 1.54) is 6.26 Å². The van der Waals surface area contributed by atoms with Crippen molar-refractivity contribution in [3.63, 3.8) is 0 Å². The average Bonchev–Trinajstić information content (AvgIpc) is 3.04. The van der Waals surface area contributed by atoms with Gasteiger partial charge in [0.1, 0.15) is 5.65 Å². The van der Waals surface area contributed by atoms with Gasteiger partial charge in [-0.2, -0.15) is 0 Å². The van der Waals surface area contributed by atoms with Crippen molar-refractivity contribution >= 4 is 11.6 Å². The number of carbonyl (C=O) groups excluding carboxylic acids is 1. The molecule has 3 aromatic heterocycles. The van der Waals surface area contributed by atoms with Crippen LogP contribution in [0.15, 0.2) is 47.3 Å². The normalized spacial score (nSPS) is 10.8. The highest BCUT2D eigenvalue weighted by molar-refractivity contribution is 5.92. The van der Waals surface area contributed by atoms with E-state index in [1.54, 1.807) is 6.07 Å². The van der Waals surface area contributed by atoms with Gasteiger partial charge in [0.15, 0.2) is 5.76 Å². The summed E-state index contributed by atoms with van der Waals surface area (Å²) in [6.07, 6.45) is 6.13. The Morgan fingerprint density at radius 1 is 1.40 bits per heavy atom. The number of pyridine rings is 1. The number of nitrogens with zero attached hydrogens (tertiary/aromatic N) is 2. The third-order valence-electron chi connectivity index (χ3n) is 3.15. The Morgan fingerprint density at radius 2 is 2.30 bits per heavy atom. The molecular weight excluding hydrogens is 254 g/mol. The highest BCUT2D eigenvalue weighted by Gasteiger charge is 2.11. The third kappa shape index (κ3) is 2.42. The molecule has 102 valence electrons. The van der Waals surface area contributed by atoms with Crippen molar-refractivity contribution < 1.29 is 9.21 Å². The molecule has 0 aliphatic heterocycles. The Kier molecular flexibility index (Phi) is 3.25. The summed E-state index contributed by atoms with van der Waals surface area (Å²) < 4.78 is 7.11. The van der Waals surface area contributed by atoms with Crippen LogP contribution in [0.3, 0.4) is 0 Å². The molecule has 3 rings (SSSR count). The molecule has 0 saturated heterocycles. The first-order chi connectivity index (χ1) is 9.74. The molecule has 0 aliphatic carbocycles. The van der Waals surface area contributed by atoms with Crippen LogP contribution in [0.2, 0.25) is 0 Å². The first-order valence-electron chi connectivity index (χ1n) is 6.49. The van der Waals surface area contributed by atoms with Crippen molar-refractivity contribution in [3.8, 4) is 0 Å². The van der Waals surface area contributed by atoms with Gasteiger partial charge < -0.3 is 14.1 Å². The molecule has 20 heavy (non-hydrogen) atoms. The molecule has 1 amide bonds. The number of hydrogen-bond acceptors (Lipinski definition) is 3. The molecule has 5 heteroatoms. The fourth-order valence-electron chi connectivity index (χ4n) is 2.10. The second kappa shape index (κ2) is 5.21. The minimum absolute atomic E-state index is 0.184. The highest BCUT2D eigenvalue weighted by atomic mass is 16.3. The second-order valence-corrected chi connectivity index (χ2v) is 4.64. The van der Waals surface area contributed by atoms with Gasteiger partial charge in [-0.15, -0.1) is 0 Å².